The Hall–Kier alpha value is -1.95. The number of carbonyl (C=O) groups is 1. The summed E-state index contributed by atoms with van der Waals surface area (Å²) >= 11 is 0. The SMILES string of the molecule is COC[C@H](Cc1ccc(OC)c(OC)c1)N(C)C(=O)OC(C)(C)C. The lowest BCUT2D eigenvalue weighted by atomic mass is 10.0. The molecule has 1 atom stereocenters. The maximum Gasteiger partial charge on any atom is 0.410 e. The summed E-state index contributed by atoms with van der Waals surface area (Å²) in [6.45, 7) is 5.94. The van der Waals surface area contributed by atoms with Crippen molar-refractivity contribution in [3.8, 4) is 11.5 Å². The van der Waals surface area contributed by atoms with Gasteiger partial charge in [0.05, 0.1) is 26.9 Å². The molecule has 136 valence electrons. The highest BCUT2D eigenvalue weighted by Gasteiger charge is 2.25. The van der Waals surface area contributed by atoms with Crippen LogP contribution in [0.2, 0.25) is 0 Å². The van der Waals surface area contributed by atoms with Crippen molar-refractivity contribution in [3.05, 3.63) is 23.8 Å². The Morgan fingerprint density at radius 3 is 2.25 bits per heavy atom. The first kappa shape index (κ1) is 20.1. The minimum absolute atomic E-state index is 0.150. The topological polar surface area (TPSA) is 57.2 Å². The van der Waals surface area contributed by atoms with Crippen molar-refractivity contribution in [2.45, 2.75) is 38.8 Å². The highest BCUT2D eigenvalue weighted by molar-refractivity contribution is 5.68. The molecule has 0 radical (unpaired) electrons. The van der Waals surface area contributed by atoms with Crippen molar-refractivity contribution >= 4 is 6.09 Å². The first-order valence-corrected chi connectivity index (χ1v) is 7.87. The molecule has 1 aromatic carbocycles. The van der Waals surface area contributed by atoms with Crippen LogP contribution in [0, 0.1) is 0 Å². The van der Waals surface area contributed by atoms with Gasteiger partial charge in [0.25, 0.3) is 0 Å². The summed E-state index contributed by atoms with van der Waals surface area (Å²) in [5, 5.41) is 0. The van der Waals surface area contributed by atoms with Crippen molar-refractivity contribution in [3.63, 3.8) is 0 Å². The summed E-state index contributed by atoms with van der Waals surface area (Å²) in [6, 6.07) is 5.56. The molecule has 0 saturated heterocycles. The highest BCUT2D eigenvalue weighted by atomic mass is 16.6. The zero-order valence-corrected chi connectivity index (χ0v) is 15.7. The van der Waals surface area contributed by atoms with E-state index in [2.05, 4.69) is 0 Å². The van der Waals surface area contributed by atoms with Crippen LogP contribution in [-0.2, 0) is 15.9 Å². The lowest BCUT2D eigenvalue weighted by Crippen LogP contribution is -2.44. The van der Waals surface area contributed by atoms with E-state index in [9.17, 15) is 4.79 Å². The van der Waals surface area contributed by atoms with Gasteiger partial charge in [0.15, 0.2) is 11.5 Å². The van der Waals surface area contributed by atoms with Crippen LogP contribution in [0.5, 0.6) is 11.5 Å². The van der Waals surface area contributed by atoms with E-state index in [0.29, 0.717) is 24.5 Å². The van der Waals surface area contributed by atoms with E-state index in [1.165, 1.54) is 0 Å². The molecular weight excluding hydrogens is 310 g/mol. The van der Waals surface area contributed by atoms with E-state index >= 15 is 0 Å². The Labute approximate surface area is 144 Å². The third-order valence-corrected chi connectivity index (χ3v) is 3.51. The molecule has 0 bridgehead atoms. The number of hydrogen-bond donors (Lipinski definition) is 0. The molecular formula is C18H29NO5. The second-order valence-corrected chi connectivity index (χ2v) is 6.59. The van der Waals surface area contributed by atoms with Crippen molar-refractivity contribution in [1.29, 1.82) is 0 Å². The molecule has 0 unspecified atom stereocenters. The van der Waals surface area contributed by atoms with Gasteiger partial charge in [-0.05, 0) is 44.9 Å². The number of ether oxygens (including phenoxy) is 4. The standard InChI is InChI=1S/C18H29NO5/c1-18(2,3)24-17(20)19(4)14(12-21-5)10-13-8-9-15(22-6)16(11-13)23-7/h8-9,11,14H,10,12H2,1-7H3/t14-/m0/s1. The Morgan fingerprint density at radius 1 is 1.12 bits per heavy atom. The average molecular weight is 339 g/mol. The van der Waals surface area contributed by atoms with Crippen molar-refractivity contribution in [1.82, 2.24) is 4.90 Å². The largest absolute Gasteiger partial charge is 0.493 e. The van der Waals surface area contributed by atoms with Gasteiger partial charge in [0, 0.05) is 14.2 Å². The van der Waals surface area contributed by atoms with Crippen LogP contribution < -0.4 is 9.47 Å². The van der Waals surface area contributed by atoms with Gasteiger partial charge >= 0.3 is 6.09 Å². The number of hydrogen-bond acceptors (Lipinski definition) is 5. The monoisotopic (exact) mass is 339 g/mol. The smallest absolute Gasteiger partial charge is 0.410 e. The Kier molecular flexibility index (Phi) is 7.35. The molecule has 0 saturated carbocycles. The second-order valence-electron chi connectivity index (χ2n) is 6.59. The molecule has 24 heavy (non-hydrogen) atoms. The molecule has 0 heterocycles. The van der Waals surface area contributed by atoms with Gasteiger partial charge in [-0.15, -0.1) is 0 Å². The quantitative estimate of drug-likeness (QED) is 0.764. The molecule has 1 aromatic rings. The molecule has 0 spiro atoms. The van der Waals surface area contributed by atoms with Crippen molar-refractivity contribution in [2.24, 2.45) is 0 Å². The van der Waals surface area contributed by atoms with E-state index in [-0.39, 0.29) is 12.1 Å². The van der Waals surface area contributed by atoms with E-state index in [4.69, 9.17) is 18.9 Å². The Morgan fingerprint density at radius 2 is 1.75 bits per heavy atom. The lowest BCUT2D eigenvalue weighted by molar-refractivity contribution is 0.0131. The second kappa shape index (κ2) is 8.78. The summed E-state index contributed by atoms with van der Waals surface area (Å²) in [5.74, 6) is 1.33. The zero-order valence-electron chi connectivity index (χ0n) is 15.7. The van der Waals surface area contributed by atoms with Crippen LogP contribution in [0.3, 0.4) is 0 Å². The molecule has 0 aliphatic heterocycles. The predicted molar refractivity (Wildman–Crippen MR) is 92.9 cm³/mol. The van der Waals surface area contributed by atoms with Gasteiger partial charge in [-0.2, -0.15) is 0 Å². The fraction of sp³-hybridized carbons (Fsp3) is 0.611. The van der Waals surface area contributed by atoms with Crippen molar-refractivity contribution in [2.75, 3.05) is 35.0 Å². The van der Waals surface area contributed by atoms with E-state index < -0.39 is 5.60 Å². The van der Waals surface area contributed by atoms with Crippen LogP contribution in [0.4, 0.5) is 4.79 Å². The Bertz CT molecular complexity index is 539. The molecule has 0 fully saturated rings. The number of methoxy groups -OCH3 is 3. The van der Waals surface area contributed by atoms with Gasteiger partial charge in [-0.3, -0.25) is 0 Å². The van der Waals surface area contributed by atoms with E-state index in [1.54, 1.807) is 33.3 Å². The first-order valence-electron chi connectivity index (χ1n) is 7.87. The van der Waals surface area contributed by atoms with Crippen molar-refractivity contribution < 1.29 is 23.7 Å². The van der Waals surface area contributed by atoms with Gasteiger partial charge in [0.2, 0.25) is 0 Å². The maximum absolute atomic E-state index is 12.3. The molecule has 6 heteroatoms. The summed E-state index contributed by atoms with van der Waals surface area (Å²) < 4.78 is 21.3. The summed E-state index contributed by atoms with van der Waals surface area (Å²) in [5.41, 5.74) is 0.483. The number of benzene rings is 1. The third kappa shape index (κ3) is 5.92. The lowest BCUT2D eigenvalue weighted by Gasteiger charge is -2.30. The van der Waals surface area contributed by atoms with Crippen LogP contribution in [0.1, 0.15) is 26.3 Å². The summed E-state index contributed by atoms with van der Waals surface area (Å²) in [7, 11) is 6.53. The first-order chi connectivity index (χ1) is 11.2. The summed E-state index contributed by atoms with van der Waals surface area (Å²) in [6.07, 6.45) is 0.245. The molecule has 0 aromatic heterocycles. The number of rotatable bonds is 7. The molecule has 6 nitrogen and oxygen atoms in total. The fourth-order valence-electron chi connectivity index (χ4n) is 2.26. The van der Waals surface area contributed by atoms with Crippen LogP contribution in [0.25, 0.3) is 0 Å². The summed E-state index contributed by atoms with van der Waals surface area (Å²) in [4.78, 5) is 13.9. The molecule has 0 aliphatic rings. The normalized spacial score (nSPS) is 12.5. The minimum atomic E-state index is -0.535. The number of likely N-dealkylation sites (N-methyl/N-ethyl adjacent to an activating group) is 1. The van der Waals surface area contributed by atoms with Gasteiger partial charge < -0.3 is 23.8 Å². The predicted octanol–water partition coefficient (Wildman–Crippen LogP) is 3.13. The molecule has 1 amide bonds. The van der Waals surface area contributed by atoms with Crippen LogP contribution in [0.15, 0.2) is 18.2 Å². The minimum Gasteiger partial charge on any atom is -0.493 e. The van der Waals surface area contributed by atoms with Crippen LogP contribution >= 0.6 is 0 Å². The average Bonchev–Trinajstić information content (AvgIpc) is 2.51. The molecule has 0 N–H and O–H groups in total. The van der Waals surface area contributed by atoms with Gasteiger partial charge in [-0.25, -0.2) is 4.79 Å². The van der Waals surface area contributed by atoms with Gasteiger partial charge in [-0.1, -0.05) is 6.07 Å². The zero-order chi connectivity index (χ0) is 18.3. The number of nitrogens with zero attached hydrogens (tertiary/aromatic N) is 1. The number of amides is 1. The van der Waals surface area contributed by atoms with E-state index in [1.807, 2.05) is 39.0 Å². The van der Waals surface area contributed by atoms with Gasteiger partial charge in [0.1, 0.15) is 5.60 Å². The molecule has 0 aliphatic carbocycles. The highest BCUT2D eigenvalue weighted by Crippen LogP contribution is 2.28. The Balaban J connectivity index is 2.91. The van der Waals surface area contributed by atoms with E-state index in [0.717, 1.165) is 5.56 Å². The van der Waals surface area contributed by atoms with Crippen LogP contribution in [-0.4, -0.2) is 57.6 Å². The molecule has 1 rings (SSSR count). The maximum atomic E-state index is 12.3. The number of carbonyl (C=O) groups excluding carboxylic acids is 1. The third-order valence-electron chi connectivity index (χ3n) is 3.51. The fourth-order valence-corrected chi connectivity index (χ4v) is 2.26.